The number of esters is 4. The van der Waals surface area contributed by atoms with Crippen molar-refractivity contribution in [3.8, 4) is 0 Å². The van der Waals surface area contributed by atoms with Crippen LogP contribution in [-0.2, 0) is 65.4 Å². The van der Waals surface area contributed by atoms with Crippen LogP contribution in [0.2, 0.25) is 0 Å². The van der Waals surface area contributed by atoms with Gasteiger partial charge in [-0.3, -0.25) is 37.3 Å². The highest BCUT2D eigenvalue weighted by Crippen LogP contribution is 2.45. The van der Waals surface area contributed by atoms with Gasteiger partial charge in [0, 0.05) is 25.7 Å². The lowest BCUT2D eigenvalue weighted by Gasteiger charge is -2.21. The molecule has 0 aromatic heterocycles. The monoisotopic (exact) mass is 1340 g/mol. The van der Waals surface area contributed by atoms with E-state index in [1.54, 1.807) is 0 Å². The molecule has 0 saturated carbocycles. The van der Waals surface area contributed by atoms with Crippen LogP contribution in [0.15, 0.2) is 85.1 Å². The van der Waals surface area contributed by atoms with Gasteiger partial charge in [0.25, 0.3) is 0 Å². The number of aliphatic hydroxyl groups is 1. The second kappa shape index (κ2) is 65.9. The Labute approximate surface area is 557 Å². The van der Waals surface area contributed by atoms with Crippen LogP contribution < -0.4 is 0 Å². The Morgan fingerprint density at radius 1 is 0.315 bits per heavy atom. The van der Waals surface area contributed by atoms with Crippen molar-refractivity contribution in [2.75, 3.05) is 39.6 Å². The normalized spacial score (nSPS) is 14.6. The van der Waals surface area contributed by atoms with E-state index in [9.17, 15) is 43.2 Å². The van der Waals surface area contributed by atoms with E-state index < -0.39 is 97.5 Å². The molecular weight excluding hydrogens is 1210 g/mol. The van der Waals surface area contributed by atoms with Crippen molar-refractivity contribution < 1.29 is 80.2 Å². The van der Waals surface area contributed by atoms with Gasteiger partial charge in [-0.05, 0) is 135 Å². The van der Waals surface area contributed by atoms with Crippen molar-refractivity contribution in [3.63, 3.8) is 0 Å². The fraction of sp³-hybridized carbons (Fsp3) is 0.753. The van der Waals surface area contributed by atoms with Crippen LogP contribution in [0.4, 0.5) is 0 Å². The first-order chi connectivity index (χ1) is 44.7. The van der Waals surface area contributed by atoms with Crippen molar-refractivity contribution in [2.45, 2.75) is 316 Å². The summed E-state index contributed by atoms with van der Waals surface area (Å²) in [6.45, 7) is 4.61. The lowest BCUT2D eigenvalue weighted by molar-refractivity contribution is -0.161. The van der Waals surface area contributed by atoms with E-state index in [4.69, 9.17) is 37.0 Å². The Morgan fingerprint density at radius 2 is 0.576 bits per heavy atom. The number of hydrogen-bond acceptors (Lipinski definition) is 15. The highest BCUT2D eigenvalue weighted by atomic mass is 31.2. The quantitative estimate of drug-likeness (QED) is 0.0169. The Morgan fingerprint density at radius 3 is 0.935 bits per heavy atom. The second-order valence-corrected chi connectivity index (χ2v) is 26.7. The number of phosphoric ester groups is 2. The van der Waals surface area contributed by atoms with Crippen LogP contribution in [0.25, 0.3) is 0 Å². The Hall–Kier alpha value is -3.76. The molecule has 0 spiro atoms. The van der Waals surface area contributed by atoms with Crippen molar-refractivity contribution in [3.05, 3.63) is 85.1 Å². The number of carbonyl (C=O) groups excluding carboxylic acids is 4. The molecule has 0 aliphatic rings. The number of carbonyl (C=O) groups is 4. The molecule has 0 fully saturated rings. The largest absolute Gasteiger partial charge is 0.472 e. The minimum atomic E-state index is -4.98. The maximum absolute atomic E-state index is 13.0. The van der Waals surface area contributed by atoms with Gasteiger partial charge in [0.15, 0.2) is 12.2 Å². The third-order valence-corrected chi connectivity index (χ3v) is 16.7. The Kier molecular flexibility index (Phi) is 63.2. The van der Waals surface area contributed by atoms with E-state index in [2.05, 4.69) is 113 Å². The minimum absolute atomic E-state index is 0.0762. The Bertz CT molecular complexity index is 2090. The summed E-state index contributed by atoms with van der Waals surface area (Å²) < 4.78 is 68.2. The van der Waals surface area contributed by atoms with Crippen LogP contribution in [0, 0.1) is 0 Å². The maximum Gasteiger partial charge on any atom is 0.472 e. The summed E-state index contributed by atoms with van der Waals surface area (Å²) in [7, 11) is -9.95. The number of ether oxygens (including phenoxy) is 4. The summed E-state index contributed by atoms with van der Waals surface area (Å²) >= 11 is 0. The van der Waals surface area contributed by atoms with Gasteiger partial charge in [0.05, 0.1) is 26.4 Å². The molecule has 0 aromatic rings. The van der Waals surface area contributed by atoms with Gasteiger partial charge >= 0.3 is 39.5 Å². The topological polar surface area (TPSA) is 237 Å². The average molecular weight is 1340 g/mol. The summed E-state index contributed by atoms with van der Waals surface area (Å²) in [5.74, 6) is -2.24. The maximum atomic E-state index is 13.0. The summed E-state index contributed by atoms with van der Waals surface area (Å²) in [5.41, 5.74) is 0. The molecule has 0 amide bonds. The Balaban J connectivity index is 5.36. The highest BCUT2D eigenvalue weighted by Gasteiger charge is 2.30. The molecule has 0 aromatic carbocycles. The number of aliphatic hydroxyl groups excluding tert-OH is 1. The molecule has 0 rings (SSSR count). The van der Waals surface area contributed by atoms with Crippen molar-refractivity contribution in [1.82, 2.24) is 0 Å². The number of hydrogen-bond donors (Lipinski definition) is 3. The molecular formula is C73H128O17P2. The molecule has 5 unspecified atom stereocenters. The van der Waals surface area contributed by atoms with E-state index in [1.165, 1.54) is 64.2 Å². The van der Waals surface area contributed by atoms with E-state index in [1.807, 2.05) is 0 Å². The SMILES string of the molecule is CC/C=C\C/C=C\C/C=C\C/C=C\CCCCC(=O)OCC(COP(=O)(O)OCC(O)COP(=O)(O)OCC(COC(=O)CCCCCCC/C=C\CCCCCC)OC(=O)CCCCCCC/C=C\CCCC)OC(=O)CCCCCCC/C=C\CCCCCC. The molecule has 0 bridgehead atoms. The molecule has 0 aliphatic carbocycles. The molecule has 5 atom stereocenters. The molecule has 532 valence electrons. The van der Waals surface area contributed by atoms with Crippen molar-refractivity contribution in [1.29, 1.82) is 0 Å². The van der Waals surface area contributed by atoms with Crippen LogP contribution in [0.5, 0.6) is 0 Å². The van der Waals surface area contributed by atoms with Crippen LogP contribution in [0.3, 0.4) is 0 Å². The van der Waals surface area contributed by atoms with Crippen LogP contribution in [-0.4, -0.2) is 96.7 Å². The van der Waals surface area contributed by atoms with Gasteiger partial charge in [-0.2, -0.15) is 0 Å². The van der Waals surface area contributed by atoms with Gasteiger partial charge in [0.1, 0.15) is 19.3 Å². The molecule has 17 nitrogen and oxygen atoms in total. The number of unbranched alkanes of at least 4 members (excludes halogenated alkanes) is 27. The lowest BCUT2D eigenvalue weighted by atomic mass is 10.1. The summed E-state index contributed by atoms with van der Waals surface area (Å²) in [6, 6.07) is 0. The van der Waals surface area contributed by atoms with Gasteiger partial charge in [-0.1, -0.05) is 222 Å². The highest BCUT2D eigenvalue weighted by molar-refractivity contribution is 7.47. The molecule has 0 aliphatic heterocycles. The van der Waals surface area contributed by atoms with Gasteiger partial charge in [-0.15, -0.1) is 0 Å². The number of allylic oxidation sites excluding steroid dienone is 14. The fourth-order valence-electron chi connectivity index (χ4n) is 9.30. The van der Waals surface area contributed by atoms with Gasteiger partial charge in [-0.25, -0.2) is 9.13 Å². The van der Waals surface area contributed by atoms with Crippen LogP contribution >= 0.6 is 15.6 Å². The first-order valence-corrected chi connectivity index (χ1v) is 38.8. The van der Waals surface area contributed by atoms with E-state index in [0.29, 0.717) is 25.7 Å². The fourth-order valence-corrected chi connectivity index (χ4v) is 10.9. The van der Waals surface area contributed by atoms with E-state index >= 15 is 0 Å². The zero-order chi connectivity index (χ0) is 67.5. The average Bonchev–Trinajstić information content (AvgIpc) is 2.73. The molecule has 92 heavy (non-hydrogen) atoms. The summed E-state index contributed by atoms with van der Waals surface area (Å²) in [4.78, 5) is 72.5. The summed E-state index contributed by atoms with van der Waals surface area (Å²) in [6.07, 6.45) is 64.6. The van der Waals surface area contributed by atoms with Crippen LogP contribution in [0.1, 0.15) is 297 Å². The van der Waals surface area contributed by atoms with E-state index in [0.717, 1.165) is 154 Å². The zero-order valence-corrected chi connectivity index (χ0v) is 59.5. The molecule has 19 heteroatoms. The zero-order valence-electron chi connectivity index (χ0n) is 57.7. The third kappa shape index (κ3) is 64.9. The van der Waals surface area contributed by atoms with Gasteiger partial charge < -0.3 is 33.8 Å². The van der Waals surface area contributed by atoms with E-state index in [-0.39, 0.29) is 25.7 Å². The minimum Gasteiger partial charge on any atom is -0.462 e. The lowest BCUT2D eigenvalue weighted by Crippen LogP contribution is -2.30. The first kappa shape index (κ1) is 88.2. The molecule has 3 N–H and O–H groups in total. The van der Waals surface area contributed by atoms with Gasteiger partial charge in [0.2, 0.25) is 0 Å². The standard InChI is InChI=1S/C73H128O17P2/c1-5-9-13-17-21-25-29-32-33-36-39-42-46-50-54-58-71(76)84-64-69(90-73(78)60-56-52-48-44-40-35-31-27-23-19-15-11-7-3)66-88-92(81,82)86-62-67(74)61-85-91(79,80)87-65-68(89-72(77)59-55-51-47-43-37-28-24-20-16-12-8-4)63-83-70(75)57-53-49-45-41-38-34-30-26-22-18-14-10-6-2/h9,13,20-21,24-27,30-33,39,42,67-69,74H,5-8,10-12,14-19,22-23,28-29,34-38,40-41,43-66H2,1-4H3,(H,79,80)(H,81,82)/b13-9-,24-20-,25-21-,30-26-,31-27-,33-32-,42-39-. The summed E-state index contributed by atoms with van der Waals surface area (Å²) in [5, 5.41) is 10.6. The third-order valence-electron chi connectivity index (χ3n) is 14.8. The second-order valence-electron chi connectivity index (χ2n) is 23.8. The predicted octanol–water partition coefficient (Wildman–Crippen LogP) is 19.9. The predicted molar refractivity (Wildman–Crippen MR) is 372 cm³/mol. The number of phosphoric acid groups is 2. The number of rotatable bonds is 67. The van der Waals surface area contributed by atoms with Crippen molar-refractivity contribution in [2.24, 2.45) is 0 Å². The van der Waals surface area contributed by atoms with Crippen molar-refractivity contribution >= 4 is 39.5 Å². The first-order valence-electron chi connectivity index (χ1n) is 35.8. The molecule has 0 heterocycles. The molecule has 0 radical (unpaired) electrons. The smallest absolute Gasteiger partial charge is 0.462 e. The molecule has 0 saturated heterocycles.